The number of nitrogens with zero attached hydrogens (tertiary/aromatic N) is 4. The van der Waals surface area contributed by atoms with Crippen LogP contribution in [0.5, 0.6) is 0 Å². The standard InChI is InChI=1S/C22H25N5O3S2/c1-12(2)15-7-14(9-23)8-16(13(3)4)18(15)19(32-30)20(28)27(26-11-24)21-25-10-17(31-21)22(5,6)29/h7-8,10,12-13,26,29H,1-6H3. The number of thiazole rings is 1. The maximum Gasteiger partial charge on any atom is 0.293 e. The van der Waals surface area contributed by atoms with E-state index in [2.05, 4.69) is 16.5 Å². The molecule has 2 N–H and O–H groups in total. The summed E-state index contributed by atoms with van der Waals surface area (Å²) in [5.41, 5.74) is 3.45. The van der Waals surface area contributed by atoms with Crippen molar-refractivity contribution in [2.75, 3.05) is 5.01 Å². The smallest absolute Gasteiger partial charge is 0.293 e. The number of aromatic nitrogens is 1. The summed E-state index contributed by atoms with van der Waals surface area (Å²) in [7, 11) is 0. The number of nitriles is 2. The lowest BCUT2D eigenvalue weighted by Gasteiger charge is -2.23. The predicted molar refractivity (Wildman–Crippen MR) is 125 cm³/mol. The summed E-state index contributed by atoms with van der Waals surface area (Å²) in [6.45, 7) is 10.8. The van der Waals surface area contributed by atoms with Crippen LogP contribution in [-0.2, 0) is 21.7 Å². The van der Waals surface area contributed by atoms with Crippen molar-refractivity contribution in [2.45, 2.75) is 59.0 Å². The Labute approximate surface area is 195 Å². The molecule has 0 aliphatic rings. The Morgan fingerprint density at radius 1 is 1.22 bits per heavy atom. The number of benzene rings is 1. The third-order valence-corrected chi connectivity index (χ3v) is 6.57. The number of rotatable bonds is 7. The van der Waals surface area contributed by atoms with Crippen LogP contribution < -0.4 is 10.4 Å². The van der Waals surface area contributed by atoms with Crippen molar-refractivity contribution in [3.05, 3.63) is 45.5 Å². The molecular weight excluding hydrogens is 446 g/mol. The summed E-state index contributed by atoms with van der Waals surface area (Å²) in [5, 5.41) is 29.9. The van der Waals surface area contributed by atoms with Gasteiger partial charge >= 0.3 is 0 Å². The Morgan fingerprint density at radius 2 is 1.78 bits per heavy atom. The average Bonchev–Trinajstić information content (AvgIpc) is 3.22. The van der Waals surface area contributed by atoms with E-state index in [1.165, 1.54) is 6.20 Å². The lowest BCUT2D eigenvalue weighted by Crippen LogP contribution is -2.45. The van der Waals surface area contributed by atoms with Gasteiger partial charge in [-0.25, -0.2) is 14.6 Å². The average molecular weight is 472 g/mol. The van der Waals surface area contributed by atoms with E-state index in [0.29, 0.717) is 27.1 Å². The van der Waals surface area contributed by atoms with E-state index < -0.39 is 11.5 Å². The zero-order valence-electron chi connectivity index (χ0n) is 18.8. The van der Waals surface area contributed by atoms with E-state index in [9.17, 15) is 24.6 Å². The summed E-state index contributed by atoms with van der Waals surface area (Å²) in [6, 6.07) is 5.52. The second-order valence-corrected chi connectivity index (χ2v) is 9.88. The van der Waals surface area contributed by atoms with Crippen molar-refractivity contribution in [3.8, 4) is 12.3 Å². The Hall–Kier alpha value is -3.05. The molecule has 10 heteroatoms. The van der Waals surface area contributed by atoms with Gasteiger partial charge < -0.3 is 5.11 Å². The Bertz CT molecular complexity index is 1130. The van der Waals surface area contributed by atoms with Gasteiger partial charge in [0.1, 0.15) is 16.1 Å². The van der Waals surface area contributed by atoms with Crippen LogP contribution in [0, 0.1) is 22.8 Å². The fourth-order valence-corrected chi connectivity index (χ4v) is 4.46. The van der Waals surface area contributed by atoms with E-state index in [1.54, 1.807) is 32.2 Å². The maximum atomic E-state index is 13.5. The number of hydrogen-bond acceptors (Lipinski definition) is 8. The number of carbonyl (C=O) groups is 1. The molecular formula is C22H25N5O3S2. The number of hydrogen-bond donors (Lipinski definition) is 2. The minimum absolute atomic E-state index is 0.0395. The summed E-state index contributed by atoms with van der Waals surface area (Å²) in [6.07, 6.45) is 3.13. The number of amides is 1. The molecule has 0 fully saturated rings. The molecule has 0 spiro atoms. The van der Waals surface area contributed by atoms with E-state index in [0.717, 1.165) is 16.3 Å². The van der Waals surface area contributed by atoms with Gasteiger partial charge in [0, 0.05) is 11.8 Å². The number of nitrogens with one attached hydrogen (secondary N) is 1. The fraction of sp³-hybridized carbons (Fsp3) is 0.409. The SMILES string of the molecule is CC(C)c1cc(C#N)cc(C(C)C)c1C(=S=O)C(=O)N(NC#N)c1ncc(C(C)(C)O)s1. The second kappa shape index (κ2) is 10.0. The van der Waals surface area contributed by atoms with E-state index in [1.807, 2.05) is 27.7 Å². The summed E-state index contributed by atoms with van der Waals surface area (Å²) < 4.78 is 12.3. The topological polar surface area (TPSA) is 130 Å². The van der Waals surface area contributed by atoms with E-state index in [4.69, 9.17) is 0 Å². The molecule has 1 aromatic carbocycles. The first kappa shape index (κ1) is 25.2. The van der Waals surface area contributed by atoms with Crippen LogP contribution >= 0.6 is 11.3 Å². The number of anilines is 1. The molecule has 0 unspecified atom stereocenters. The van der Waals surface area contributed by atoms with Crippen LogP contribution in [0.3, 0.4) is 0 Å². The largest absolute Gasteiger partial charge is 0.385 e. The molecule has 0 bridgehead atoms. The zero-order valence-corrected chi connectivity index (χ0v) is 20.4. The quantitative estimate of drug-likeness (QED) is 0.208. The summed E-state index contributed by atoms with van der Waals surface area (Å²) in [5.74, 6) is -0.869. The number of hydrazine groups is 1. The minimum atomic E-state index is -1.18. The number of aliphatic hydroxyl groups is 1. The van der Waals surface area contributed by atoms with Crippen LogP contribution in [0.2, 0.25) is 0 Å². The molecule has 0 aliphatic heterocycles. The molecule has 0 aliphatic carbocycles. The molecule has 2 aromatic rings. The third kappa shape index (κ3) is 5.22. The first-order valence-electron chi connectivity index (χ1n) is 9.89. The number of carbonyl (C=O) groups excluding carboxylic acids is 1. The molecule has 0 radical (unpaired) electrons. The van der Waals surface area contributed by atoms with E-state index >= 15 is 0 Å². The molecule has 8 nitrogen and oxygen atoms in total. The van der Waals surface area contributed by atoms with Gasteiger partial charge in [0.05, 0.1) is 22.1 Å². The minimum Gasteiger partial charge on any atom is -0.385 e. The molecule has 168 valence electrons. The van der Waals surface area contributed by atoms with Crippen molar-refractivity contribution in [1.29, 1.82) is 10.5 Å². The van der Waals surface area contributed by atoms with Gasteiger partial charge in [0.2, 0.25) is 5.13 Å². The van der Waals surface area contributed by atoms with Crippen molar-refractivity contribution in [2.24, 2.45) is 0 Å². The highest BCUT2D eigenvalue weighted by atomic mass is 32.1. The molecule has 32 heavy (non-hydrogen) atoms. The Balaban J connectivity index is 2.71. The highest BCUT2D eigenvalue weighted by Gasteiger charge is 2.31. The van der Waals surface area contributed by atoms with Crippen molar-refractivity contribution < 1.29 is 14.1 Å². The first-order chi connectivity index (χ1) is 15.0. The second-order valence-electron chi connectivity index (χ2n) is 8.29. The Kier molecular flexibility index (Phi) is 7.92. The monoisotopic (exact) mass is 471 g/mol. The van der Waals surface area contributed by atoms with Crippen LogP contribution in [-0.4, -0.2) is 25.1 Å². The van der Waals surface area contributed by atoms with Gasteiger partial charge in [-0.1, -0.05) is 39.0 Å². The van der Waals surface area contributed by atoms with Crippen molar-refractivity contribution in [1.82, 2.24) is 10.4 Å². The third-order valence-electron chi connectivity index (χ3n) is 4.73. The van der Waals surface area contributed by atoms with Crippen molar-refractivity contribution in [3.63, 3.8) is 0 Å². The molecule has 0 atom stereocenters. The highest BCUT2D eigenvalue weighted by Crippen LogP contribution is 2.33. The van der Waals surface area contributed by atoms with Crippen molar-refractivity contribution >= 4 is 38.5 Å². The zero-order chi connectivity index (χ0) is 24.2. The van der Waals surface area contributed by atoms with Gasteiger partial charge in [0.25, 0.3) is 5.91 Å². The van der Waals surface area contributed by atoms with Crippen LogP contribution in [0.15, 0.2) is 18.3 Å². The molecule has 1 aromatic heterocycles. The predicted octanol–water partition coefficient (Wildman–Crippen LogP) is 3.24. The summed E-state index contributed by atoms with van der Waals surface area (Å²) >= 11 is 1.07. The molecule has 0 saturated carbocycles. The first-order valence-corrected chi connectivity index (χ1v) is 11.4. The molecule has 1 heterocycles. The van der Waals surface area contributed by atoms with Crippen LogP contribution in [0.25, 0.3) is 0 Å². The van der Waals surface area contributed by atoms with Gasteiger partial charge in [-0.2, -0.15) is 15.5 Å². The maximum absolute atomic E-state index is 13.5. The highest BCUT2D eigenvalue weighted by molar-refractivity contribution is 7.69. The summed E-state index contributed by atoms with van der Waals surface area (Å²) in [4.78, 5) is 18.1. The molecule has 1 amide bonds. The van der Waals surface area contributed by atoms with Crippen LogP contribution in [0.1, 0.15) is 80.5 Å². The normalized spacial score (nSPS) is 11.1. The molecule has 2 rings (SSSR count). The van der Waals surface area contributed by atoms with Crippen LogP contribution in [0.4, 0.5) is 5.13 Å². The lowest BCUT2D eigenvalue weighted by molar-refractivity contribution is -0.112. The van der Waals surface area contributed by atoms with Gasteiger partial charge in [-0.3, -0.25) is 4.79 Å². The fourth-order valence-electron chi connectivity index (χ4n) is 3.10. The lowest BCUT2D eigenvalue weighted by atomic mass is 9.85. The van der Waals surface area contributed by atoms with E-state index in [-0.39, 0.29) is 33.1 Å². The van der Waals surface area contributed by atoms with Gasteiger partial charge in [0.15, 0.2) is 6.19 Å². The molecule has 0 saturated heterocycles. The van der Waals surface area contributed by atoms with Gasteiger partial charge in [-0.05, 0) is 48.9 Å². The Morgan fingerprint density at radius 3 is 2.16 bits per heavy atom. The van der Waals surface area contributed by atoms with Gasteiger partial charge in [-0.15, -0.1) is 0 Å².